The van der Waals surface area contributed by atoms with Crippen molar-refractivity contribution in [3.8, 4) is 0 Å². The van der Waals surface area contributed by atoms with Crippen LogP contribution in [-0.2, 0) is 4.74 Å². The molecule has 2 aliphatic heterocycles. The van der Waals surface area contributed by atoms with Crippen LogP contribution < -0.4 is 10.6 Å². The molecule has 2 heterocycles. The fourth-order valence-electron chi connectivity index (χ4n) is 3.87. The van der Waals surface area contributed by atoms with Crippen LogP contribution in [0.4, 0.5) is 0 Å². The maximum atomic E-state index is 5.41. The highest BCUT2D eigenvalue weighted by Gasteiger charge is 2.23. The van der Waals surface area contributed by atoms with Crippen LogP contribution in [0.1, 0.15) is 30.0 Å². The number of aliphatic imine (C=N–C) groups is 1. The molecule has 6 nitrogen and oxygen atoms in total. The molecule has 2 aliphatic rings. The first kappa shape index (κ1) is 20.1. The van der Waals surface area contributed by atoms with Gasteiger partial charge in [0.2, 0.25) is 0 Å². The molecule has 1 aromatic carbocycles. The summed E-state index contributed by atoms with van der Waals surface area (Å²) in [4.78, 5) is 9.44. The van der Waals surface area contributed by atoms with Crippen molar-refractivity contribution >= 4 is 5.96 Å². The molecular formula is C21H35N5O. The van der Waals surface area contributed by atoms with Gasteiger partial charge in [0, 0.05) is 39.8 Å². The Labute approximate surface area is 164 Å². The molecule has 6 heteroatoms. The summed E-state index contributed by atoms with van der Waals surface area (Å²) >= 11 is 0. The van der Waals surface area contributed by atoms with Crippen molar-refractivity contribution in [2.75, 3.05) is 66.1 Å². The number of benzene rings is 1. The van der Waals surface area contributed by atoms with E-state index < -0.39 is 0 Å². The van der Waals surface area contributed by atoms with Crippen LogP contribution in [0.25, 0.3) is 0 Å². The number of rotatable bonds is 7. The van der Waals surface area contributed by atoms with Gasteiger partial charge in [-0.1, -0.05) is 29.8 Å². The van der Waals surface area contributed by atoms with Gasteiger partial charge >= 0.3 is 0 Å². The predicted molar refractivity (Wildman–Crippen MR) is 111 cm³/mol. The van der Waals surface area contributed by atoms with Crippen molar-refractivity contribution < 1.29 is 4.74 Å². The summed E-state index contributed by atoms with van der Waals surface area (Å²) in [5.74, 6) is 0.888. The van der Waals surface area contributed by atoms with E-state index in [0.29, 0.717) is 6.04 Å². The molecule has 150 valence electrons. The smallest absolute Gasteiger partial charge is 0.191 e. The van der Waals surface area contributed by atoms with Crippen molar-refractivity contribution in [2.45, 2.75) is 25.8 Å². The third kappa shape index (κ3) is 6.19. The monoisotopic (exact) mass is 373 g/mol. The number of nitrogens with one attached hydrogen (secondary N) is 2. The Kier molecular flexibility index (Phi) is 7.93. The molecule has 0 radical (unpaired) electrons. The molecule has 2 N–H and O–H groups in total. The van der Waals surface area contributed by atoms with Crippen molar-refractivity contribution in [2.24, 2.45) is 4.99 Å². The first-order chi connectivity index (χ1) is 13.3. The van der Waals surface area contributed by atoms with Gasteiger partial charge in [-0.2, -0.15) is 0 Å². The number of guanidine groups is 1. The van der Waals surface area contributed by atoms with Crippen LogP contribution in [0.15, 0.2) is 29.3 Å². The van der Waals surface area contributed by atoms with Crippen molar-refractivity contribution in [1.29, 1.82) is 0 Å². The highest BCUT2D eigenvalue weighted by Crippen LogP contribution is 2.24. The van der Waals surface area contributed by atoms with Crippen LogP contribution in [0.2, 0.25) is 0 Å². The molecule has 2 fully saturated rings. The second-order valence-electron chi connectivity index (χ2n) is 7.50. The molecule has 27 heavy (non-hydrogen) atoms. The van der Waals surface area contributed by atoms with Gasteiger partial charge in [-0.3, -0.25) is 14.8 Å². The maximum Gasteiger partial charge on any atom is 0.191 e. The first-order valence-electron chi connectivity index (χ1n) is 10.3. The van der Waals surface area contributed by atoms with E-state index >= 15 is 0 Å². The standard InChI is InChI=1S/C21H35N5O/c1-18-5-7-19(8-6-18)20(26-10-3-4-11-26)17-24-21(22-2)23-9-12-25-13-15-27-16-14-25/h5-8,20H,3-4,9-17H2,1-2H3,(H2,22,23,24). The largest absolute Gasteiger partial charge is 0.379 e. The van der Waals surface area contributed by atoms with Gasteiger partial charge in [-0.15, -0.1) is 0 Å². The lowest BCUT2D eigenvalue weighted by atomic mass is 10.0. The van der Waals surface area contributed by atoms with E-state index in [4.69, 9.17) is 4.74 Å². The first-order valence-corrected chi connectivity index (χ1v) is 10.3. The molecule has 0 bridgehead atoms. The van der Waals surface area contributed by atoms with Crippen molar-refractivity contribution in [3.63, 3.8) is 0 Å². The minimum absolute atomic E-state index is 0.394. The summed E-state index contributed by atoms with van der Waals surface area (Å²) in [7, 11) is 1.85. The summed E-state index contributed by atoms with van der Waals surface area (Å²) in [6, 6.07) is 9.37. The summed E-state index contributed by atoms with van der Waals surface area (Å²) in [6.07, 6.45) is 2.60. The number of morpholine rings is 1. The predicted octanol–water partition coefficient (Wildman–Crippen LogP) is 1.63. The van der Waals surface area contributed by atoms with E-state index in [1.54, 1.807) is 0 Å². The third-order valence-corrected chi connectivity index (χ3v) is 5.55. The highest BCUT2D eigenvalue weighted by molar-refractivity contribution is 5.79. The molecule has 1 aromatic rings. The van der Waals surface area contributed by atoms with Crippen molar-refractivity contribution in [1.82, 2.24) is 20.4 Å². The van der Waals surface area contributed by atoms with Gasteiger partial charge in [0.05, 0.1) is 19.3 Å². The Hall–Kier alpha value is -1.63. The third-order valence-electron chi connectivity index (χ3n) is 5.55. The summed E-state index contributed by atoms with van der Waals surface area (Å²) in [5.41, 5.74) is 2.70. The average Bonchev–Trinajstić information content (AvgIpc) is 3.23. The van der Waals surface area contributed by atoms with Gasteiger partial charge in [0.15, 0.2) is 5.96 Å². The van der Waals surface area contributed by atoms with E-state index in [9.17, 15) is 0 Å². The number of ether oxygens (including phenoxy) is 1. The Bertz CT molecular complexity index is 577. The van der Waals surface area contributed by atoms with Crippen LogP contribution in [0.3, 0.4) is 0 Å². The molecule has 1 unspecified atom stereocenters. The lowest BCUT2D eigenvalue weighted by Gasteiger charge is -2.29. The van der Waals surface area contributed by atoms with E-state index in [-0.39, 0.29) is 0 Å². The Morgan fingerprint density at radius 3 is 2.44 bits per heavy atom. The summed E-state index contributed by atoms with van der Waals surface area (Å²) in [5, 5.41) is 7.01. The average molecular weight is 374 g/mol. The fraction of sp³-hybridized carbons (Fsp3) is 0.667. The van der Waals surface area contributed by atoms with E-state index in [2.05, 4.69) is 56.6 Å². The van der Waals surface area contributed by atoms with Crippen molar-refractivity contribution in [3.05, 3.63) is 35.4 Å². The number of hydrogen-bond acceptors (Lipinski definition) is 4. The number of hydrogen-bond donors (Lipinski definition) is 2. The number of likely N-dealkylation sites (tertiary alicyclic amines) is 1. The molecule has 3 rings (SSSR count). The second-order valence-corrected chi connectivity index (χ2v) is 7.50. The van der Waals surface area contributed by atoms with Gasteiger partial charge in [0.1, 0.15) is 0 Å². The van der Waals surface area contributed by atoms with E-state index in [1.165, 1.54) is 37.1 Å². The molecule has 2 saturated heterocycles. The molecule has 0 spiro atoms. The normalized spacial score (nSPS) is 20.6. The van der Waals surface area contributed by atoms with Crippen LogP contribution in [0.5, 0.6) is 0 Å². The molecule has 0 aromatic heterocycles. The zero-order valence-electron chi connectivity index (χ0n) is 16.9. The van der Waals surface area contributed by atoms with Crippen LogP contribution >= 0.6 is 0 Å². The lowest BCUT2D eigenvalue weighted by molar-refractivity contribution is 0.0389. The van der Waals surface area contributed by atoms with Crippen LogP contribution in [0, 0.1) is 6.92 Å². The van der Waals surface area contributed by atoms with Gasteiger partial charge in [-0.25, -0.2) is 0 Å². The number of nitrogens with zero attached hydrogens (tertiary/aromatic N) is 3. The molecule has 0 aliphatic carbocycles. The Morgan fingerprint density at radius 1 is 1.07 bits per heavy atom. The van der Waals surface area contributed by atoms with Gasteiger partial charge in [0.25, 0.3) is 0 Å². The van der Waals surface area contributed by atoms with Gasteiger partial charge < -0.3 is 15.4 Å². The molecular weight excluding hydrogens is 338 g/mol. The minimum Gasteiger partial charge on any atom is -0.379 e. The Balaban J connectivity index is 1.50. The zero-order valence-corrected chi connectivity index (χ0v) is 16.9. The fourth-order valence-corrected chi connectivity index (χ4v) is 3.87. The SMILES string of the molecule is CN=C(NCCN1CCOCC1)NCC(c1ccc(C)cc1)N1CCCC1. The van der Waals surface area contributed by atoms with Gasteiger partial charge in [-0.05, 0) is 38.4 Å². The summed E-state index contributed by atoms with van der Waals surface area (Å²) < 4.78 is 5.41. The van der Waals surface area contributed by atoms with E-state index in [0.717, 1.165) is 51.9 Å². The zero-order chi connectivity index (χ0) is 18.9. The lowest BCUT2D eigenvalue weighted by Crippen LogP contribution is -2.46. The topological polar surface area (TPSA) is 52.1 Å². The molecule has 0 amide bonds. The highest BCUT2D eigenvalue weighted by atomic mass is 16.5. The van der Waals surface area contributed by atoms with E-state index in [1.807, 2.05) is 7.05 Å². The summed E-state index contributed by atoms with van der Waals surface area (Å²) in [6.45, 7) is 11.1. The molecule has 0 saturated carbocycles. The minimum atomic E-state index is 0.394. The molecule has 1 atom stereocenters. The van der Waals surface area contributed by atoms with Crippen LogP contribution in [-0.4, -0.2) is 81.8 Å². The quantitative estimate of drug-likeness (QED) is 0.562. The number of aryl methyl sites for hydroxylation is 1. The maximum absolute atomic E-state index is 5.41. The second kappa shape index (κ2) is 10.6. The Morgan fingerprint density at radius 2 is 1.78 bits per heavy atom.